The van der Waals surface area contributed by atoms with Gasteiger partial charge in [-0.2, -0.15) is 0 Å². The zero-order chi connectivity index (χ0) is 74.3. The van der Waals surface area contributed by atoms with Crippen LogP contribution >= 0.6 is 8.24 Å². The number of esters is 2. The van der Waals surface area contributed by atoms with E-state index < -0.39 is 8.24 Å². The first kappa shape index (κ1) is 83.9. The smallest absolute Gasteiger partial charge is 0.387 e. The molecule has 0 amide bonds. The number of rotatable bonds is 25. The van der Waals surface area contributed by atoms with Gasteiger partial charge in [0, 0.05) is 40.2 Å². The molecule has 99 heavy (non-hydrogen) atoms. The summed E-state index contributed by atoms with van der Waals surface area (Å²) >= 11 is 0. The Morgan fingerprint density at radius 2 is 0.848 bits per heavy atom. The van der Waals surface area contributed by atoms with Gasteiger partial charge in [0.1, 0.15) is 35.0 Å². The van der Waals surface area contributed by atoms with E-state index in [1.165, 1.54) is 27.8 Å². The van der Waals surface area contributed by atoms with Crippen LogP contribution < -0.4 is 4.52 Å². The third-order valence-corrected chi connectivity index (χ3v) is 18.7. The van der Waals surface area contributed by atoms with E-state index in [-0.39, 0.29) is 51.9 Å². The lowest BCUT2D eigenvalue weighted by atomic mass is 9.78. The Hall–Kier alpha value is -5.78. The molecule has 1 aliphatic heterocycles. The molecule has 0 atom stereocenters. The maximum absolute atomic E-state index is 12.2. The lowest BCUT2D eigenvalue weighted by Crippen LogP contribution is -2.41. The summed E-state index contributed by atoms with van der Waals surface area (Å²) in [6.45, 7) is 58.8. The van der Waals surface area contributed by atoms with Gasteiger partial charge in [-0.1, -0.05) is 215 Å². The molecule has 552 valence electrons. The standard InChI is InChI=1S/C45H67O4P.C22H34O5.C19H30O3/c1-28(2)20-31-22-33-34-23-32(21-29(3)4)27-38(45(14,15)16)41(34)49-50(48-40(33)37(26-31)44(11,12)13)47-19-17-18-30-24-35(42(5,6)7)39(46)36(25-30)43(8,9)10;1-15(2)11-18-13-17(12-16(3)20(18)24)7-8-19(23)27-14-22(4,5)21-25-9-6-10-26-21;1-6-22-18(20)8-7-15-11-16(9-13(2)3)19(21)17(12-15)10-14(4)5/h22-29,46H,17-21H2,1-16H3;12-13,15,21,24H,6-11,14H2,1-5H3;11-14,21H,6-10H2,1-5H3. The number of phenolic OH excluding ortho intramolecular Hbond substituents is 3. The normalized spacial score (nSPS) is 13.6. The molecule has 1 aliphatic rings. The Morgan fingerprint density at radius 1 is 0.475 bits per heavy atom. The zero-order valence-electron chi connectivity index (χ0n) is 66.2. The summed E-state index contributed by atoms with van der Waals surface area (Å²) in [6, 6.07) is 21.8. The Labute approximate surface area is 599 Å². The van der Waals surface area contributed by atoms with E-state index >= 15 is 0 Å². The molecule has 3 N–H and O–H groups in total. The second-order valence-corrected chi connectivity index (χ2v) is 36.0. The Kier molecular flexibility index (Phi) is 30.8. The van der Waals surface area contributed by atoms with E-state index in [0.29, 0.717) is 98.9 Å². The van der Waals surface area contributed by atoms with Crippen LogP contribution in [0, 0.1) is 41.9 Å². The first-order valence-electron chi connectivity index (χ1n) is 37.1. The quantitative estimate of drug-likeness (QED) is 0.0367. The molecule has 0 bridgehead atoms. The summed E-state index contributed by atoms with van der Waals surface area (Å²) in [5.74, 6) is 3.33. The fraction of sp³-hybridized carbons (Fsp3) is 0.628. The fourth-order valence-electron chi connectivity index (χ4n) is 12.8. The van der Waals surface area contributed by atoms with Crippen LogP contribution in [0.15, 0.2) is 69.1 Å². The van der Waals surface area contributed by atoms with E-state index in [1.54, 1.807) is 0 Å². The molecule has 2 heterocycles. The van der Waals surface area contributed by atoms with Crippen LogP contribution in [0.4, 0.5) is 0 Å². The van der Waals surface area contributed by atoms with Gasteiger partial charge in [0.15, 0.2) is 6.29 Å². The number of aromatic hydroxyl groups is 3. The van der Waals surface area contributed by atoms with Crippen molar-refractivity contribution in [2.24, 2.45) is 35.0 Å². The van der Waals surface area contributed by atoms with Gasteiger partial charge < -0.3 is 42.7 Å². The van der Waals surface area contributed by atoms with E-state index in [1.807, 2.05) is 52.0 Å². The molecule has 13 heteroatoms. The molecule has 0 aliphatic carbocycles. The van der Waals surface area contributed by atoms with Gasteiger partial charge in [0.25, 0.3) is 0 Å². The first-order chi connectivity index (χ1) is 45.9. The minimum absolute atomic E-state index is 0.140. The van der Waals surface area contributed by atoms with Crippen LogP contribution in [0.5, 0.6) is 17.2 Å². The molecule has 1 aromatic heterocycles. The molecular weight excluding hydrogens is 1260 g/mol. The van der Waals surface area contributed by atoms with E-state index in [0.717, 1.165) is 118 Å². The van der Waals surface area contributed by atoms with Crippen LogP contribution in [0.3, 0.4) is 0 Å². The number of aryl methyl sites for hydroxylation is 4. The van der Waals surface area contributed by atoms with Crippen molar-refractivity contribution in [3.8, 4) is 17.2 Å². The Balaban J connectivity index is 0.000000301. The fourth-order valence-corrected chi connectivity index (χ4v) is 13.9. The summed E-state index contributed by atoms with van der Waals surface area (Å²) < 4.78 is 42.2. The van der Waals surface area contributed by atoms with Crippen molar-refractivity contribution in [2.75, 3.05) is 33.0 Å². The topological polar surface area (TPSA) is 167 Å². The van der Waals surface area contributed by atoms with Crippen molar-refractivity contribution in [1.82, 2.24) is 0 Å². The van der Waals surface area contributed by atoms with Gasteiger partial charge in [-0.25, -0.2) is 0 Å². The van der Waals surface area contributed by atoms with Gasteiger partial charge >= 0.3 is 20.2 Å². The third-order valence-electron chi connectivity index (χ3n) is 17.7. The number of ether oxygens (including phenoxy) is 4. The van der Waals surface area contributed by atoms with Crippen molar-refractivity contribution in [3.05, 3.63) is 133 Å². The SMILES string of the molecule is CC(C)Cc1cc(C(C)(C)C)c2op(OCCCc3cc(C(C)(C)C)c(O)c(C(C)(C)C)c3)oc3c(C(C)(C)C)cc(CC(C)C)cc3c2c1.CCOC(=O)CCc1cc(CC(C)C)c(O)c(CC(C)C)c1.Cc1cc(CCC(=O)OCC(C)(C)C2OCCCO2)cc(CC(C)C)c1O. The second-order valence-electron chi connectivity index (χ2n) is 35.0. The van der Waals surface area contributed by atoms with Gasteiger partial charge in [-0.3, -0.25) is 14.1 Å². The largest absolute Gasteiger partial charge is 0.507 e. The van der Waals surface area contributed by atoms with Gasteiger partial charge in [-0.05, 0) is 203 Å². The minimum atomic E-state index is -1.73. The van der Waals surface area contributed by atoms with E-state index in [9.17, 15) is 24.9 Å². The van der Waals surface area contributed by atoms with Crippen LogP contribution in [0.25, 0.3) is 21.9 Å². The number of phenols is 3. The predicted octanol–water partition coefficient (Wildman–Crippen LogP) is 22.1. The highest BCUT2D eigenvalue weighted by Crippen LogP contribution is 2.45. The monoisotopic (exact) mass is 1390 g/mol. The molecule has 5 aromatic carbocycles. The molecule has 0 saturated carbocycles. The molecule has 12 nitrogen and oxygen atoms in total. The highest BCUT2D eigenvalue weighted by Gasteiger charge is 2.35. The lowest BCUT2D eigenvalue weighted by molar-refractivity contribution is -0.237. The maximum atomic E-state index is 12.2. The molecular formula is C86H131O12P. The van der Waals surface area contributed by atoms with Crippen LogP contribution in [-0.4, -0.2) is 66.6 Å². The molecule has 6 aromatic rings. The zero-order valence-corrected chi connectivity index (χ0v) is 67.1. The predicted molar refractivity (Wildman–Crippen MR) is 411 cm³/mol. The van der Waals surface area contributed by atoms with Crippen LogP contribution in [0.1, 0.15) is 271 Å². The number of fused-ring (bicyclic) bond motifs is 3. The van der Waals surface area contributed by atoms with Crippen molar-refractivity contribution in [1.29, 1.82) is 0 Å². The van der Waals surface area contributed by atoms with E-state index in [2.05, 4.69) is 189 Å². The number of carbonyl (C=O) groups excluding carboxylic acids is 2. The average molecular weight is 1390 g/mol. The number of carbonyl (C=O) groups is 2. The lowest BCUT2D eigenvalue weighted by Gasteiger charge is -2.35. The molecule has 0 radical (unpaired) electrons. The van der Waals surface area contributed by atoms with Crippen LogP contribution in [-0.2, 0) is 102 Å². The average Bonchev–Trinajstić information content (AvgIpc) is 1.68. The van der Waals surface area contributed by atoms with Gasteiger partial charge in [0.2, 0.25) is 0 Å². The minimum Gasteiger partial charge on any atom is -0.507 e. The van der Waals surface area contributed by atoms with Crippen molar-refractivity contribution in [3.63, 3.8) is 0 Å². The number of hydrogen-bond acceptors (Lipinski definition) is 12. The number of benzene rings is 5. The summed E-state index contributed by atoms with van der Waals surface area (Å²) in [7, 11) is -1.73. The summed E-state index contributed by atoms with van der Waals surface area (Å²) in [6.07, 6.45) is 8.69. The Morgan fingerprint density at radius 3 is 1.24 bits per heavy atom. The molecule has 0 unspecified atom stereocenters. The van der Waals surface area contributed by atoms with Crippen LogP contribution in [0.2, 0.25) is 0 Å². The highest BCUT2D eigenvalue weighted by atomic mass is 31.1. The molecule has 7 rings (SSSR count). The third kappa shape index (κ3) is 25.9. The number of hydrogen-bond donors (Lipinski definition) is 3. The molecule has 1 fully saturated rings. The Bertz CT molecular complexity index is 3480. The van der Waals surface area contributed by atoms with Crippen molar-refractivity contribution >= 4 is 42.1 Å². The molecule has 1 saturated heterocycles. The van der Waals surface area contributed by atoms with Crippen molar-refractivity contribution < 1.29 is 56.8 Å². The summed E-state index contributed by atoms with van der Waals surface area (Å²) in [4.78, 5) is 23.7. The highest BCUT2D eigenvalue weighted by molar-refractivity contribution is 7.31. The van der Waals surface area contributed by atoms with Crippen molar-refractivity contribution in [2.45, 2.75) is 285 Å². The first-order valence-corrected chi connectivity index (χ1v) is 38.2. The summed E-state index contributed by atoms with van der Waals surface area (Å²) in [5.41, 5.74) is 15.0. The van der Waals surface area contributed by atoms with E-state index in [4.69, 9.17) is 31.9 Å². The maximum Gasteiger partial charge on any atom is 0.387 e. The van der Waals surface area contributed by atoms with Gasteiger partial charge in [0.05, 0.1) is 26.4 Å². The molecule has 0 spiro atoms. The van der Waals surface area contributed by atoms with Gasteiger partial charge in [-0.15, -0.1) is 0 Å². The summed E-state index contributed by atoms with van der Waals surface area (Å²) in [5, 5.41) is 34.2. The second kappa shape index (κ2) is 36.4.